The Morgan fingerprint density at radius 1 is 0.789 bits per heavy atom. The van der Waals surface area contributed by atoms with Crippen molar-refractivity contribution in [2.75, 3.05) is 13.1 Å². The summed E-state index contributed by atoms with van der Waals surface area (Å²) in [6, 6.07) is 19.1. The Morgan fingerprint density at radius 2 is 1.45 bits per heavy atom. The largest absolute Gasteiger partial charge is 0.487 e. The SMILES string of the molecule is O=C(NCCNC(=O)c1ccc(O[C@H]2CC[C@@H](C(=O)O)CC2)c(F)c1F)c1cccc(-c2ccccc2)c1. The molecule has 9 heteroatoms. The van der Waals surface area contributed by atoms with Gasteiger partial charge in [0.25, 0.3) is 11.8 Å². The molecular formula is C29H28F2N2O5. The lowest BCUT2D eigenvalue weighted by Crippen LogP contribution is -2.35. The van der Waals surface area contributed by atoms with E-state index in [1.807, 2.05) is 36.4 Å². The van der Waals surface area contributed by atoms with E-state index in [1.54, 1.807) is 18.2 Å². The first-order valence-corrected chi connectivity index (χ1v) is 12.4. The van der Waals surface area contributed by atoms with Crippen LogP contribution < -0.4 is 15.4 Å². The fourth-order valence-electron chi connectivity index (χ4n) is 4.43. The minimum absolute atomic E-state index is 0.00901. The number of carbonyl (C=O) groups excluding carboxylic acids is 2. The summed E-state index contributed by atoms with van der Waals surface area (Å²) >= 11 is 0. The molecule has 0 atom stereocenters. The lowest BCUT2D eigenvalue weighted by molar-refractivity contribution is -0.143. The number of ether oxygens (including phenoxy) is 1. The van der Waals surface area contributed by atoms with Crippen LogP contribution >= 0.6 is 0 Å². The van der Waals surface area contributed by atoms with Crippen molar-refractivity contribution in [3.8, 4) is 16.9 Å². The standard InChI is InChI=1S/C29H28F2N2O5/c30-25-23(13-14-24(26(25)31)38-22-11-9-19(10-12-22)29(36)37)28(35)33-16-15-32-27(34)21-8-4-7-20(17-21)18-5-2-1-3-6-18/h1-8,13-14,17,19,22H,9-12,15-16H2,(H,32,34)(H,33,35)(H,36,37)/t19-,22+. The number of carbonyl (C=O) groups is 3. The topological polar surface area (TPSA) is 105 Å². The smallest absolute Gasteiger partial charge is 0.306 e. The van der Waals surface area contributed by atoms with Crippen LogP contribution in [0, 0.1) is 17.6 Å². The van der Waals surface area contributed by atoms with Gasteiger partial charge in [0.1, 0.15) is 0 Å². The van der Waals surface area contributed by atoms with Crippen LogP contribution in [0.15, 0.2) is 66.7 Å². The predicted molar refractivity (Wildman–Crippen MR) is 137 cm³/mol. The molecule has 1 aliphatic rings. The summed E-state index contributed by atoms with van der Waals surface area (Å²) in [7, 11) is 0. The summed E-state index contributed by atoms with van der Waals surface area (Å²) in [6.45, 7) is 0.0968. The minimum Gasteiger partial charge on any atom is -0.487 e. The second-order valence-electron chi connectivity index (χ2n) is 9.13. The summed E-state index contributed by atoms with van der Waals surface area (Å²) < 4.78 is 34.7. The van der Waals surface area contributed by atoms with Crippen molar-refractivity contribution in [3.05, 3.63) is 89.5 Å². The molecule has 3 N–H and O–H groups in total. The first-order valence-electron chi connectivity index (χ1n) is 12.4. The summed E-state index contributed by atoms with van der Waals surface area (Å²) in [4.78, 5) is 36.0. The molecule has 0 bridgehead atoms. The average molecular weight is 523 g/mol. The van der Waals surface area contributed by atoms with E-state index in [0.29, 0.717) is 31.2 Å². The third-order valence-electron chi connectivity index (χ3n) is 6.54. The normalized spacial score (nSPS) is 16.9. The number of hydrogen-bond donors (Lipinski definition) is 3. The second kappa shape index (κ2) is 12.3. The van der Waals surface area contributed by atoms with Gasteiger partial charge in [-0.15, -0.1) is 0 Å². The molecule has 0 aromatic heterocycles. The molecule has 3 aromatic carbocycles. The molecule has 0 unspecified atom stereocenters. The van der Waals surface area contributed by atoms with Crippen LogP contribution in [0.2, 0.25) is 0 Å². The van der Waals surface area contributed by atoms with Crippen molar-refractivity contribution in [2.24, 2.45) is 5.92 Å². The number of rotatable bonds is 9. The van der Waals surface area contributed by atoms with Crippen molar-refractivity contribution in [3.63, 3.8) is 0 Å². The van der Waals surface area contributed by atoms with Gasteiger partial charge in [-0.2, -0.15) is 4.39 Å². The van der Waals surface area contributed by atoms with E-state index < -0.39 is 41.1 Å². The Kier molecular flexibility index (Phi) is 8.68. The maximum Gasteiger partial charge on any atom is 0.306 e. The zero-order valence-electron chi connectivity index (χ0n) is 20.6. The molecule has 0 heterocycles. The van der Waals surface area contributed by atoms with Gasteiger partial charge in [-0.3, -0.25) is 14.4 Å². The highest BCUT2D eigenvalue weighted by molar-refractivity contribution is 5.96. The predicted octanol–water partition coefficient (Wildman–Crippen LogP) is 4.81. The monoisotopic (exact) mass is 522 g/mol. The number of carboxylic acid groups (broad SMARTS) is 1. The van der Waals surface area contributed by atoms with Gasteiger partial charge in [-0.1, -0.05) is 42.5 Å². The Bertz CT molecular complexity index is 1310. The van der Waals surface area contributed by atoms with Crippen LogP contribution in [0.4, 0.5) is 8.78 Å². The first-order chi connectivity index (χ1) is 18.3. The van der Waals surface area contributed by atoms with Gasteiger partial charge in [0.2, 0.25) is 5.82 Å². The van der Waals surface area contributed by atoms with E-state index in [2.05, 4.69) is 10.6 Å². The maximum absolute atomic E-state index is 14.6. The third kappa shape index (κ3) is 6.53. The molecular weight excluding hydrogens is 494 g/mol. The molecule has 1 aliphatic carbocycles. The van der Waals surface area contributed by atoms with Gasteiger partial charge in [-0.25, -0.2) is 4.39 Å². The number of aliphatic carboxylic acids is 1. The van der Waals surface area contributed by atoms with E-state index >= 15 is 0 Å². The molecule has 1 saturated carbocycles. The van der Waals surface area contributed by atoms with E-state index in [0.717, 1.165) is 17.2 Å². The van der Waals surface area contributed by atoms with Gasteiger partial charge in [-0.05, 0) is 61.1 Å². The van der Waals surface area contributed by atoms with Crippen LogP contribution in [-0.2, 0) is 4.79 Å². The van der Waals surface area contributed by atoms with Crippen molar-refractivity contribution in [2.45, 2.75) is 31.8 Å². The molecule has 0 saturated heterocycles. The lowest BCUT2D eigenvalue weighted by Gasteiger charge is -2.27. The first kappa shape index (κ1) is 26.8. The Balaban J connectivity index is 1.27. The number of halogens is 2. The van der Waals surface area contributed by atoms with Crippen LogP contribution in [-0.4, -0.2) is 42.1 Å². The zero-order valence-corrected chi connectivity index (χ0v) is 20.6. The van der Waals surface area contributed by atoms with E-state index in [1.165, 1.54) is 6.07 Å². The fraction of sp³-hybridized carbons (Fsp3) is 0.276. The summed E-state index contributed by atoms with van der Waals surface area (Å²) in [5, 5.41) is 14.2. The summed E-state index contributed by atoms with van der Waals surface area (Å²) in [5.41, 5.74) is 1.85. The van der Waals surface area contributed by atoms with Crippen molar-refractivity contribution < 1.29 is 33.0 Å². The minimum atomic E-state index is -1.33. The van der Waals surface area contributed by atoms with Gasteiger partial charge in [0.05, 0.1) is 17.6 Å². The Hall–Kier alpha value is -4.27. The highest BCUT2D eigenvalue weighted by atomic mass is 19.2. The van der Waals surface area contributed by atoms with Gasteiger partial charge >= 0.3 is 5.97 Å². The van der Waals surface area contributed by atoms with Crippen LogP contribution in [0.1, 0.15) is 46.4 Å². The van der Waals surface area contributed by atoms with E-state index in [-0.39, 0.29) is 24.7 Å². The van der Waals surface area contributed by atoms with Crippen molar-refractivity contribution in [1.29, 1.82) is 0 Å². The van der Waals surface area contributed by atoms with E-state index in [4.69, 9.17) is 9.84 Å². The summed E-state index contributed by atoms with van der Waals surface area (Å²) in [5.74, 6) is -5.39. The van der Waals surface area contributed by atoms with Crippen LogP contribution in [0.25, 0.3) is 11.1 Å². The fourth-order valence-corrected chi connectivity index (χ4v) is 4.43. The molecule has 3 aromatic rings. The van der Waals surface area contributed by atoms with Gasteiger partial charge < -0.3 is 20.5 Å². The number of hydrogen-bond acceptors (Lipinski definition) is 4. The lowest BCUT2D eigenvalue weighted by atomic mass is 9.87. The molecule has 7 nitrogen and oxygen atoms in total. The summed E-state index contributed by atoms with van der Waals surface area (Å²) in [6.07, 6.45) is 1.22. The average Bonchev–Trinajstić information content (AvgIpc) is 2.94. The van der Waals surface area contributed by atoms with Crippen molar-refractivity contribution >= 4 is 17.8 Å². The number of benzene rings is 3. The second-order valence-corrected chi connectivity index (χ2v) is 9.13. The van der Waals surface area contributed by atoms with Crippen LogP contribution in [0.3, 0.4) is 0 Å². The molecule has 2 amide bonds. The quantitative estimate of drug-likeness (QED) is 0.350. The van der Waals surface area contributed by atoms with Crippen LogP contribution in [0.5, 0.6) is 5.75 Å². The third-order valence-corrected chi connectivity index (χ3v) is 6.54. The molecule has 1 fully saturated rings. The Morgan fingerprint density at radius 3 is 2.13 bits per heavy atom. The molecule has 198 valence electrons. The maximum atomic E-state index is 14.6. The van der Waals surface area contributed by atoms with Gasteiger partial charge in [0.15, 0.2) is 11.6 Å². The van der Waals surface area contributed by atoms with Gasteiger partial charge in [0, 0.05) is 18.7 Å². The molecule has 0 radical (unpaired) electrons. The zero-order chi connectivity index (χ0) is 27.1. The Labute approximate surface area is 218 Å². The van der Waals surface area contributed by atoms with Crippen molar-refractivity contribution in [1.82, 2.24) is 10.6 Å². The molecule has 4 rings (SSSR count). The number of carboxylic acids is 1. The number of nitrogens with one attached hydrogen (secondary N) is 2. The van der Waals surface area contributed by atoms with E-state index in [9.17, 15) is 23.2 Å². The number of amides is 2. The highest BCUT2D eigenvalue weighted by Gasteiger charge is 2.28. The molecule has 38 heavy (non-hydrogen) atoms. The molecule has 0 aliphatic heterocycles. The molecule has 0 spiro atoms. The highest BCUT2D eigenvalue weighted by Crippen LogP contribution is 2.30.